The Hall–Kier alpha value is -2.15. The monoisotopic (exact) mass is 384 g/mol. The van der Waals surface area contributed by atoms with Crippen LogP contribution in [-0.2, 0) is 13.0 Å². The van der Waals surface area contributed by atoms with E-state index in [0.29, 0.717) is 6.04 Å². The molecular formula is C21H32N6O. The first kappa shape index (κ1) is 19.2. The highest BCUT2D eigenvalue weighted by atomic mass is 16.2. The minimum atomic E-state index is 0.129. The second-order valence-corrected chi connectivity index (χ2v) is 7.99. The fraction of sp³-hybridized carbons (Fsp3) is 0.667. The molecule has 1 saturated carbocycles. The molecule has 0 radical (unpaired) electrons. The fourth-order valence-corrected chi connectivity index (χ4v) is 4.44. The number of pyridine rings is 1. The number of nitrogens with zero attached hydrogens (tertiary/aromatic N) is 5. The quantitative estimate of drug-likeness (QED) is 0.861. The molecule has 2 fully saturated rings. The molecule has 2 aromatic rings. The summed E-state index contributed by atoms with van der Waals surface area (Å²) < 4.78 is 2.25. The first-order chi connectivity index (χ1) is 13.7. The largest absolute Gasteiger partial charge is 0.335 e. The molecule has 7 heteroatoms. The average Bonchev–Trinajstić information content (AvgIpc) is 3.11. The smallest absolute Gasteiger partial charge is 0.317 e. The second-order valence-electron chi connectivity index (χ2n) is 7.99. The van der Waals surface area contributed by atoms with Gasteiger partial charge in [0.1, 0.15) is 11.3 Å². The van der Waals surface area contributed by atoms with E-state index in [0.717, 1.165) is 75.5 Å². The van der Waals surface area contributed by atoms with Crippen molar-refractivity contribution in [3.8, 4) is 0 Å². The zero-order valence-corrected chi connectivity index (χ0v) is 16.9. The molecule has 0 atom stereocenters. The number of rotatable bonds is 5. The van der Waals surface area contributed by atoms with Crippen LogP contribution < -0.4 is 5.32 Å². The van der Waals surface area contributed by atoms with E-state index in [1.807, 2.05) is 23.2 Å². The van der Waals surface area contributed by atoms with Gasteiger partial charge < -0.3 is 14.8 Å². The van der Waals surface area contributed by atoms with E-state index in [-0.39, 0.29) is 6.03 Å². The van der Waals surface area contributed by atoms with Crippen LogP contribution >= 0.6 is 0 Å². The Morgan fingerprint density at radius 3 is 2.68 bits per heavy atom. The first-order valence-electron chi connectivity index (χ1n) is 10.8. The van der Waals surface area contributed by atoms with Crippen LogP contribution in [0.3, 0.4) is 0 Å². The van der Waals surface area contributed by atoms with Crippen LogP contribution in [0, 0.1) is 0 Å². The number of nitrogens with one attached hydrogen (secondary N) is 1. The van der Waals surface area contributed by atoms with E-state index in [4.69, 9.17) is 4.98 Å². The molecule has 28 heavy (non-hydrogen) atoms. The number of amides is 2. The van der Waals surface area contributed by atoms with Crippen LogP contribution in [0.25, 0.3) is 11.2 Å². The standard InChI is InChI=1S/C21H32N6O/c1-2-19-24-18-9-6-10-22-20(18)27(19)16-13-25-11-14-26(15-12-25)21(28)23-17-7-4-3-5-8-17/h6,9-10,17H,2-5,7-8,11-16H2,1H3,(H,23,28). The number of urea groups is 1. The number of carbonyl (C=O) groups is 1. The normalized spacial score (nSPS) is 19.2. The van der Waals surface area contributed by atoms with Gasteiger partial charge in [0.2, 0.25) is 0 Å². The van der Waals surface area contributed by atoms with Gasteiger partial charge in [0.05, 0.1) is 0 Å². The predicted octanol–water partition coefficient (Wildman–Crippen LogP) is 2.65. The third-order valence-electron chi connectivity index (χ3n) is 6.13. The SMILES string of the molecule is CCc1nc2cccnc2n1CCN1CCN(C(=O)NC2CCCCC2)CC1. The maximum atomic E-state index is 12.5. The topological polar surface area (TPSA) is 66.3 Å². The molecule has 2 amide bonds. The molecule has 1 aliphatic carbocycles. The summed E-state index contributed by atoms with van der Waals surface area (Å²) in [7, 11) is 0. The van der Waals surface area contributed by atoms with Crippen LogP contribution in [0.4, 0.5) is 4.79 Å². The van der Waals surface area contributed by atoms with E-state index in [9.17, 15) is 4.79 Å². The highest BCUT2D eigenvalue weighted by Crippen LogP contribution is 2.18. The summed E-state index contributed by atoms with van der Waals surface area (Å²) in [6.45, 7) is 7.48. The highest BCUT2D eigenvalue weighted by Gasteiger charge is 2.24. The van der Waals surface area contributed by atoms with Gasteiger partial charge in [-0.25, -0.2) is 14.8 Å². The minimum absolute atomic E-state index is 0.129. The molecule has 2 aliphatic rings. The lowest BCUT2D eigenvalue weighted by atomic mass is 9.96. The Bertz CT molecular complexity index is 789. The molecule has 3 heterocycles. The molecule has 0 bridgehead atoms. The van der Waals surface area contributed by atoms with Gasteiger partial charge in [-0.1, -0.05) is 26.2 Å². The third kappa shape index (κ3) is 4.29. The second kappa shape index (κ2) is 8.90. The minimum Gasteiger partial charge on any atom is -0.335 e. The predicted molar refractivity (Wildman–Crippen MR) is 110 cm³/mol. The number of carbonyl (C=O) groups excluding carboxylic acids is 1. The van der Waals surface area contributed by atoms with Crippen molar-refractivity contribution in [2.24, 2.45) is 0 Å². The van der Waals surface area contributed by atoms with Crippen molar-refractivity contribution < 1.29 is 4.79 Å². The summed E-state index contributed by atoms with van der Waals surface area (Å²) >= 11 is 0. The summed E-state index contributed by atoms with van der Waals surface area (Å²) in [5, 5.41) is 3.24. The van der Waals surface area contributed by atoms with Crippen LogP contribution in [0.15, 0.2) is 18.3 Å². The van der Waals surface area contributed by atoms with Crippen molar-refractivity contribution in [3.05, 3.63) is 24.2 Å². The van der Waals surface area contributed by atoms with E-state index >= 15 is 0 Å². The van der Waals surface area contributed by atoms with Crippen molar-refractivity contribution in [2.75, 3.05) is 32.7 Å². The average molecular weight is 385 g/mol. The number of aryl methyl sites for hydroxylation is 1. The van der Waals surface area contributed by atoms with Crippen LogP contribution in [-0.4, -0.2) is 69.1 Å². The number of hydrogen-bond donors (Lipinski definition) is 1. The van der Waals surface area contributed by atoms with Crippen molar-refractivity contribution in [1.29, 1.82) is 0 Å². The molecular weight excluding hydrogens is 352 g/mol. The molecule has 1 aliphatic heterocycles. The summed E-state index contributed by atoms with van der Waals surface area (Å²) in [5.41, 5.74) is 1.95. The lowest BCUT2D eigenvalue weighted by Crippen LogP contribution is -2.54. The highest BCUT2D eigenvalue weighted by molar-refractivity contribution is 5.74. The maximum Gasteiger partial charge on any atom is 0.317 e. The van der Waals surface area contributed by atoms with Gasteiger partial charge in [0, 0.05) is 57.9 Å². The number of aromatic nitrogens is 3. The van der Waals surface area contributed by atoms with E-state index < -0.39 is 0 Å². The van der Waals surface area contributed by atoms with Crippen molar-refractivity contribution >= 4 is 17.2 Å². The van der Waals surface area contributed by atoms with Crippen LogP contribution in [0.2, 0.25) is 0 Å². The van der Waals surface area contributed by atoms with Crippen LogP contribution in [0.5, 0.6) is 0 Å². The zero-order chi connectivity index (χ0) is 19.3. The summed E-state index contributed by atoms with van der Waals surface area (Å²) in [6, 6.07) is 4.48. The van der Waals surface area contributed by atoms with Gasteiger partial charge in [-0.2, -0.15) is 0 Å². The van der Waals surface area contributed by atoms with E-state index in [1.54, 1.807) is 0 Å². The number of fused-ring (bicyclic) bond motifs is 1. The van der Waals surface area contributed by atoms with Crippen molar-refractivity contribution in [1.82, 2.24) is 29.7 Å². The van der Waals surface area contributed by atoms with Crippen molar-refractivity contribution in [2.45, 2.75) is 58.0 Å². The molecule has 4 rings (SSSR count). The number of piperazine rings is 1. The molecule has 2 aromatic heterocycles. The molecule has 0 spiro atoms. The Morgan fingerprint density at radius 1 is 1.14 bits per heavy atom. The lowest BCUT2D eigenvalue weighted by molar-refractivity contribution is 0.133. The van der Waals surface area contributed by atoms with Crippen molar-refractivity contribution in [3.63, 3.8) is 0 Å². The van der Waals surface area contributed by atoms with E-state index in [2.05, 4.69) is 26.7 Å². The molecule has 1 N–H and O–H groups in total. The zero-order valence-electron chi connectivity index (χ0n) is 16.9. The van der Waals surface area contributed by atoms with Gasteiger partial charge in [-0.05, 0) is 25.0 Å². The maximum absolute atomic E-state index is 12.5. The summed E-state index contributed by atoms with van der Waals surface area (Å²) in [4.78, 5) is 26.2. The molecule has 0 unspecified atom stereocenters. The fourth-order valence-electron chi connectivity index (χ4n) is 4.44. The van der Waals surface area contributed by atoms with Crippen LogP contribution in [0.1, 0.15) is 44.9 Å². The van der Waals surface area contributed by atoms with E-state index in [1.165, 1.54) is 19.3 Å². The summed E-state index contributed by atoms with van der Waals surface area (Å²) in [6.07, 6.45) is 8.82. The molecule has 1 saturated heterocycles. The number of hydrogen-bond acceptors (Lipinski definition) is 4. The van der Waals surface area contributed by atoms with Gasteiger partial charge in [0.15, 0.2) is 5.65 Å². The Kier molecular flexibility index (Phi) is 6.10. The summed E-state index contributed by atoms with van der Waals surface area (Å²) in [5.74, 6) is 1.10. The van der Waals surface area contributed by atoms with Gasteiger partial charge >= 0.3 is 6.03 Å². The molecule has 0 aromatic carbocycles. The third-order valence-corrected chi connectivity index (χ3v) is 6.13. The Morgan fingerprint density at radius 2 is 1.93 bits per heavy atom. The number of imidazole rings is 1. The van der Waals surface area contributed by atoms with Gasteiger partial charge in [0.25, 0.3) is 0 Å². The van der Waals surface area contributed by atoms with Gasteiger partial charge in [-0.3, -0.25) is 4.90 Å². The Balaban J connectivity index is 1.27. The van der Waals surface area contributed by atoms with Gasteiger partial charge in [-0.15, -0.1) is 0 Å². The molecule has 7 nitrogen and oxygen atoms in total. The first-order valence-corrected chi connectivity index (χ1v) is 10.8. The molecule has 152 valence electrons. The lowest BCUT2D eigenvalue weighted by Gasteiger charge is -2.36. The Labute approximate surface area is 167 Å².